The molecule has 110 valence electrons. The molecule has 2 aromatic heterocycles. The number of nitrogens with one attached hydrogen (secondary N) is 1. The van der Waals surface area contributed by atoms with Gasteiger partial charge in [-0.05, 0) is 25.7 Å². The number of carbonyl (C=O) groups excluding carboxylic acids is 1. The zero-order chi connectivity index (χ0) is 14.2. The highest BCUT2D eigenvalue weighted by atomic mass is 32.1. The molecule has 1 saturated carbocycles. The molecule has 21 heavy (non-hydrogen) atoms. The van der Waals surface area contributed by atoms with Gasteiger partial charge in [0.05, 0.1) is 5.51 Å². The van der Waals surface area contributed by atoms with Gasteiger partial charge in [0, 0.05) is 30.3 Å². The lowest BCUT2D eigenvalue weighted by molar-refractivity contribution is 0.0928. The number of hydrogen-bond donors (Lipinski definition) is 1. The van der Waals surface area contributed by atoms with Crippen molar-refractivity contribution < 1.29 is 4.79 Å². The van der Waals surface area contributed by atoms with Crippen LogP contribution in [0.1, 0.15) is 53.7 Å². The number of fused-ring (bicyclic) bond motifs is 1. The van der Waals surface area contributed by atoms with Gasteiger partial charge in [0.2, 0.25) is 0 Å². The molecule has 4 rings (SSSR count). The van der Waals surface area contributed by atoms with Crippen LogP contribution in [0.25, 0.3) is 0 Å². The Bertz CT molecular complexity index is 646. The Balaban J connectivity index is 1.43. The van der Waals surface area contributed by atoms with Crippen molar-refractivity contribution in [3.63, 3.8) is 0 Å². The highest BCUT2D eigenvalue weighted by Crippen LogP contribution is 2.39. The minimum atomic E-state index is -0.0682. The van der Waals surface area contributed by atoms with Crippen molar-refractivity contribution in [2.24, 2.45) is 0 Å². The van der Waals surface area contributed by atoms with Gasteiger partial charge in [-0.25, -0.2) is 4.98 Å². The van der Waals surface area contributed by atoms with Crippen LogP contribution in [0.4, 0.5) is 0 Å². The van der Waals surface area contributed by atoms with Gasteiger partial charge in [-0.3, -0.25) is 4.79 Å². The van der Waals surface area contributed by atoms with Crippen molar-refractivity contribution in [3.8, 4) is 0 Å². The minimum absolute atomic E-state index is 0.0682. The van der Waals surface area contributed by atoms with E-state index in [1.165, 1.54) is 24.2 Å². The van der Waals surface area contributed by atoms with E-state index in [9.17, 15) is 4.79 Å². The minimum Gasteiger partial charge on any atom is -0.348 e. The molecule has 0 aromatic carbocycles. The monoisotopic (exact) mass is 303 g/mol. The second kappa shape index (κ2) is 5.22. The van der Waals surface area contributed by atoms with E-state index in [1.807, 2.05) is 0 Å². The summed E-state index contributed by atoms with van der Waals surface area (Å²) in [5, 5.41) is 13.6. The van der Waals surface area contributed by atoms with Crippen LogP contribution in [0.3, 0.4) is 0 Å². The van der Waals surface area contributed by atoms with Crippen LogP contribution in [0.2, 0.25) is 0 Å². The van der Waals surface area contributed by atoms with Crippen LogP contribution in [0.5, 0.6) is 0 Å². The van der Waals surface area contributed by atoms with Gasteiger partial charge in [0.15, 0.2) is 0 Å². The molecule has 0 bridgehead atoms. The Labute approximate surface area is 126 Å². The van der Waals surface area contributed by atoms with E-state index < -0.39 is 0 Å². The molecule has 2 aromatic rings. The zero-order valence-corrected chi connectivity index (χ0v) is 12.5. The van der Waals surface area contributed by atoms with Crippen molar-refractivity contribution in [1.29, 1.82) is 0 Å². The molecule has 3 heterocycles. The summed E-state index contributed by atoms with van der Waals surface area (Å²) in [5.74, 6) is 2.77. The third-order valence-corrected chi connectivity index (χ3v) is 4.80. The van der Waals surface area contributed by atoms with E-state index >= 15 is 0 Å². The van der Waals surface area contributed by atoms with E-state index in [2.05, 4.69) is 25.1 Å². The van der Waals surface area contributed by atoms with Gasteiger partial charge in [-0.2, -0.15) is 0 Å². The SMILES string of the molecule is O=C(NC1CCc2nnc(C3CC3)n2CC1)c1cscn1. The molecule has 6 nitrogen and oxygen atoms in total. The maximum absolute atomic E-state index is 12.1. The lowest BCUT2D eigenvalue weighted by Gasteiger charge is -2.15. The predicted octanol–water partition coefficient (Wildman–Crippen LogP) is 1.75. The highest BCUT2D eigenvalue weighted by Gasteiger charge is 2.31. The Morgan fingerprint density at radius 2 is 2.19 bits per heavy atom. The first-order chi connectivity index (χ1) is 10.3. The standard InChI is InChI=1S/C14H17N5OS/c20-14(11-7-21-8-15-11)16-10-3-4-12-17-18-13(9-1-2-9)19(12)6-5-10/h7-10H,1-6H2,(H,16,20). The molecule has 1 amide bonds. The quantitative estimate of drug-likeness (QED) is 0.937. The summed E-state index contributed by atoms with van der Waals surface area (Å²) >= 11 is 1.44. The zero-order valence-electron chi connectivity index (χ0n) is 11.7. The van der Waals surface area contributed by atoms with Crippen molar-refractivity contribution >= 4 is 17.2 Å². The van der Waals surface area contributed by atoms with Gasteiger partial charge >= 0.3 is 0 Å². The van der Waals surface area contributed by atoms with Gasteiger partial charge in [-0.15, -0.1) is 21.5 Å². The number of aryl methyl sites for hydroxylation is 1. The summed E-state index contributed by atoms with van der Waals surface area (Å²) in [7, 11) is 0. The van der Waals surface area contributed by atoms with E-state index in [4.69, 9.17) is 0 Å². The van der Waals surface area contributed by atoms with Crippen molar-refractivity contribution in [2.45, 2.75) is 50.6 Å². The van der Waals surface area contributed by atoms with Crippen molar-refractivity contribution in [1.82, 2.24) is 25.1 Å². The lowest BCUT2D eigenvalue weighted by Crippen LogP contribution is -2.35. The largest absolute Gasteiger partial charge is 0.348 e. The molecular formula is C14H17N5OS. The number of nitrogens with zero attached hydrogens (tertiary/aromatic N) is 4. The third kappa shape index (κ3) is 2.57. The fourth-order valence-electron chi connectivity index (χ4n) is 2.88. The van der Waals surface area contributed by atoms with Crippen molar-refractivity contribution in [2.75, 3.05) is 0 Å². The van der Waals surface area contributed by atoms with Gasteiger partial charge in [0.25, 0.3) is 5.91 Å². The summed E-state index contributed by atoms with van der Waals surface area (Å²) in [6.07, 6.45) is 5.20. The third-order valence-electron chi connectivity index (χ3n) is 4.22. The van der Waals surface area contributed by atoms with Gasteiger partial charge in [-0.1, -0.05) is 0 Å². The second-order valence-electron chi connectivity index (χ2n) is 5.77. The first-order valence-corrected chi connectivity index (χ1v) is 8.36. The van der Waals surface area contributed by atoms with Crippen LogP contribution in [0, 0.1) is 0 Å². The topological polar surface area (TPSA) is 72.7 Å². The van der Waals surface area contributed by atoms with Crippen molar-refractivity contribution in [3.05, 3.63) is 28.2 Å². The number of rotatable bonds is 3. The Hall–Kier alpha value is -1.76. The normalized spacial score (nSPS) is 21.6. The Kier molecular flexibility index (Phi) is 3.21. The molecule has 1 aliphatic carbocycles. The summed E-state index contributed by atoms with van der Waals surface area (Å²) in [6, 6.07) is 0.188. The Morgan fingerprint density at radius 3 is 2.95 bits per heavy atom. The average Bonchev–Trinajstić information content (AvgIpc) is 3.09. The van der Waals surface area contributed by atoms with Crippen LogP contribution >= 0.6 is 11.3 Å². The molecule has 1 N–H and O–H groups in total. The molecule has 1 atom stereocenters. The average molecular weight is 303 g/mol. The number of hydrogen-bond acceptors (Lipinski definition) is 5. The summed E-state index contributed by atoms with van der Waals surface area (Å²) < 4.78 is 2.27. The molecule has 1 aliphatic heterocycles. The molecule has 0 saturated heterocycles. The van der Waals surface area contributed by atoms with E-state index in [0.717, 1.165) is 37.5 Å². The van der Waals surface area contributed by atoms with Crippen LogP contribution in [-0.2, 0) is 13.0 Å². The number of carbonyl (C=O) groups is 1. The molecule has 7 heteroatoms. The summed E-state index contributed by atoms with van der Waals surface area (Å²) in [5.41, 5.74) is 2.20. The summed E-state index contributed by atoms with van der Waals surface area (Å²) in [6.45, 7) is 0.899. The number of aromatic nitrogens is 4. The van der Waals surface area contributed by atoms with Gasteiger partial charge < -0.3 is 9.88 Å². The smallest absolute Gasteiger partial charge is 0.270 e. The van der Waals surface area contributed by atoms with E-state index in [-0.39, 0.29) is 11.9 Å². The van der Waals surface area contributed by atoms with Gasteiger partial charge in [0.1, 0.15) is 17.3 Å². The molecule has 1 fully saturated rings. The fraction of sp³-hybridized carbons (Fsp3) is 0.571. The number of amides is 1. The van der Waals surface area contributed by atoms with Crippen LogP contribution < -0.4 is 5.32 Å². The maximum atomic E-state index is 12.1. The molecule has 1 unspecified atom stereocenters. The lowest BCUT2D eigenvalue weighted by atomic mass is 10.1. The first kappa shape index (κ1) is 12.9. The van der Waals surface area contributed by atoms with E-state index in [1.54, 1.807) is 10.9 Å². The van der Waals surface area contributed by atoms with E-state index in [0.29, 0.717) is 11.6 Å². The molecular weight excluding hydrogens is 286 g/mol. The molecule has 2 aliphatic rings. The summed E-state index contributed by atoms with van der Waals surface area (Å²) in [4.78, 5) is 16.1. The maximum Gasteiger partial charge on any atom is 0.270 e. The fourth-order valence-corrected chi connectivity index (χ4v) is 3.41. The highest BCUT2D eigenvalue weighted by molar-refractivity contribution is 7.07. The molecule has 0 spiro atoms. The predicted molar refractivity (Wildman–Crippen MR) is 78.3 cm³/mol. The first-order valence-electron chi connectivity index (χ1n) is 7.42. The van der Waals surface area contributed by atoms with Crippen LogP contribution in [-0.4, -0.2) is 31.7 Å². The Morgan fingerprint density at radius 1 is 1.29 bits per heavy atom. The second-order valence-corrected chi connectivity index (χ2v) is 6.49. The number of thiazole rings is 1. The molecule has 0 radical (unpaired) electrons. The van der Waals surface area contributed by atoms with Crippen LogP contribution in [0.15, 0.2) is 10.9 Å².